The van der Waals surface area contributed by atoms with Gasteiger partial charge in [-0.25, -0.2) is 9.97 Å². The number of thiazole rings is 2. The summed E-state index contributed by atoms with van der Waals surface area (Å²) in [7, 11) is 0. The second-order valence-electron chi connectivity index (χ2n) is 5.16. The maximum absolute atomic E-state index is 12.1. The molecule has 1 aliphatic carbocycles. The van der Waals surface area contributed by atoms with Gasteiger partial charge >= 0.3 is 0 Å². The molecule has 2 aromatic heterocycles. The quantitative estimate of drug-likeness (QED) is 0.945. The van der Waals surface area contributed by atoms with Crippen molar-refractivity contribution in [3.8, 4) is 0 Å². The van der Waals surface area contributed by atoms with Crippen LogP contribution in [0.1, 0.15) is 49.5 Å². The lowest BCUT2D eigenvalue weighted by Gasteiger charge is -2.08. The number of hydrogen-bond donors (Lipinski definition) is 1. The van der Waals surface area contributed by atoms with E-state index < -0.39 is 0 Å². The van der Waals surface area contributed by atoms with Gasteiger partial charge in [-0.2, -0.15) is 0 Å². The zero-order valence-electron chi connectivity index (χ0n) is 11.6. The van der Waals surface area contributed by atoms with Crippen molar-refractivity contribution in [1.82, 2.24) is 15.3 Å². The Morgan fingerprint density at radius 3 is 3.00 bits per heavy atom. The molecule has 106 valence electrons. The zero-order valence-corrected chi connectivity index (χ0v) is 13.2. The second-order valence-corrected chi connectivity index (χ2v) is 7.51. The van der Waals surface area contributed by atoms with Gasteiger partial charge in [0.25, 0.3) is 5.91 Å². The minimum Gasteiger partial charge on any atom is -0.349 e. The summed E-state index contributed by atoms with van der Waals surface area (Å²) in [4.78, 5) is 23.4. The third-order valence-electron chi connectivity index (χ3n) is 3.42. The van der Waals surface area contributed by atoms with Gasteiger partial charge < -0.3 is 5.32 Å². The fourth-order valence-corrected chi connectivity index (χ4v) is 4.19. The van der Waals surface area contributed by atoms with Gasteiger partial charge in [0, 0.05) is 28.4 Å². The number of carbonyl (C=O) groups is 1. The molecule has 0 aromatic carbocycles. The minimum atomic E-state index is -0.0514. The van der Waals surface area contributed by atoms with Crippen molar-refractivity contribution in [2.45, 2.75) is 39.0 Å². The fourth-order valence-electron chi connectivity index (χ4n) is 2.30. The van der Waals surface area contributed by atoms with Crippen LogP contribution in [0.15, 0.2) is 6.20 Å². The van der Waals surface area contributed by atoms with Gasteiger partial charge in [0.1, 0.15) is 0 Å². The summed E-state index contributed by atoms with van der Waals surface area (Å²) in [6.45, 7) is 4.74. The Balaban J connectivity index is 1.58. The van der Waals surface area contributed by atoms with Gasteiger partial charge in [-0.05, 0) is 26.2 Å². The summed E-state index contributed by atoms with van der Waals surface area (Å²) < 4.78 is 0. The highest BCUT2D eigenvalue weighted by Gasteiger charge is 2.20. The summed E-state index contributed by atoms with van der Waals surface area (Å²) in [5.74, 6) is 0.189. The molecule has 0 radical (unpaired) electrons. The molecule has 1 unspecified atom stereocenters. The van der Waals surface area contributed by atoms with Gasteiger partial charge in [-0.3, -0.25) is 4.79 Å². The Hall–Kier alpha value is -1.27. The summed E-state index contributed by atoms with van der Waals surface area (Å²) in [5, 5.41) is 4.65. The van der Waals surface area contributed by atoms with E-state index in [0.717, 1.165) is 23.5 Å². The van der Waals surface area contributed by atoms with Crippen molar-refractivity contribution >= 4 is 28.6 Å². The summed E-state index contributed by atoms with van der Waals surface area (Å²) >= 11 is 3.23. The van der Waals surface area contributed by atoms with Gasteiger partial charge in [0.15, 0.2) is 5.01 Å². The molecule has 1 amide bonds. The summed E-state index contributed by atoms with van der Waals surface area (Å²) in [5.41, 5.74) is 1.13. The third-order valence-corrected chi connectivity index (χ3v) is 5.72. The van der Waals surface area contributed by atoms with Crippen molar-refractivity contribution in [2.24, 2.45) is 0 Å². The first-order valence-corrected chi connectivity index (χ1v) is 8.46. The number of amides is 1. The summed E-state index contributed by atoms with van der Waals surface area (Å²) in [6, 6.07) is 0. The number of nitrogens with one attached hydrogen (secondary N) is 1. The smallest absolute Gasteiger partial charge is 0.280 e. The number of rotatable bonds is 4. The fraction of sp³-hybridized carbons (Fsp3) is 0.500. The van der Waals surface area contributed by atoms with E-state index in [4.69, 9.17) is 0 Å². The van der Waals surface area contributed by atoms with Crippen LogP contribution in [0.3, 0.4) is 0 Å². The molecule has 20 heavy (non-hydrogen) atoms. The first-order valence-electron chi connectivity index (χ1n) is 6.82. The predicted molar refractivity (Wildman–Crippen MR) is 81.7 cm³/mol. The molecule has 0 saturated carbocycles. The standard InChI is InChI=1S/C14H17N3OS2/c1-8(13-16-7-9(2)19-13)6-15-12(18)14-17-10-4-3-5-11(10)20-14/h7-8H,3-6H2,1-2H3,(H,15,18). The summed E-state index contributed by atoms with van der Waals surface area (Å²) in [6.07, 6.45) is 5.16. The van der Waals surface area contributed by atoms with Gasteiger partial charge in [0.2, 0.25) is 0 Å². The van der Waals surface area contributed by atoms with E-state index in [2.05, 4.69) is 22.2 Å². The number of fused-ring (bicyclic) bond motifs is 1. The van der Waals surface area contributed by atoms with E-state index in [0.29, 0.717) is 11.6 Å². The largest absolute Gasteiger partial charge is 0.349 e. The highest BCUT2D eigenvalue weighted by Crippen LogP contribution is 2.27. The Bertz CT molecular complexity index is 611. The average Bonchev–Trinajstić information content (AvgIpc) is 3.09. The van der Waals surface area contributed by atoms with Gasteiger partial charge in [-0.1, -0.05) is 6.92 Å². The SMILES string of the molecule is Cc1cnc(C(C)CNC(=O)c2nc3c(s2)CCC3)s1. The van der Waals surface area contributed by atoms with Crippen LogP contribution >= 0.6 is 22.7 Å². The van der Waals surface area contributed by atoms with Gasteiger partial charge in [0.05, 0.1) is 10.7 Å². The second kappa shape index (κ2) is 5.61. The molecular formula is C14H17N3OS2. The van der Waals surface area contributed by atoms with E-state index in [1.54, 1.807) is 22.7 Å². The van der Waals surface area contributed by atoms with E-state index in [9.17, 15) is 4.79 Å². The monoisotopic (exact) mass is 307 g/mol. The lowest BCUT2D eigenvalue weighted by molar-refractivity contribution is 0.0951. The van der Waals surface area contributed by atoms with Crippen molar-refractivity contribution in [1.29, 1.82) is 0 Å². The molecule has 1 N–H and O–H groups in total. The van der Waals surface area contributed by atoms with Crippen LogP contribution in [0, 0.1) is 6.92 Å². The van der Waals surface area contributed by atoms with Crippen LogP contribution in [-0.2, 0) is 12.8 Å². The Morgan fingerprint density at radius 2 is 2.30 bits per heavy atom. The Labute approximate surface area is 126 Å². The van der Waals surface area contributed by atoms with Gasteiger partial charge in [-0.15, -0.1) is 22.7 Å². The van der Waals surface area contributed by atoms with Crippen LogP contribution in [-0.4, -0.2) is 22.4 Å². The van der Waals surface area contributed by atoms with Crippen LogP contribution in [0.4, 0.5) is 0 Å². The average molecular weight is 307 g/mol. The van der Waals surface area contributed by atoms with Crippen molar-refractivity contribution in [3.63, 3.8) is 0 Å². The van der Waals surface area contributed by atoms with Crippen molar-refractivity contribution in [3.05, 3.63) is 31.7 Å². The molecule has 0 aliphatic heterocycles. The molecule has 4 nitrogen and oxygen atoms in total. The Kier molecular flexibility index (Phi) is 3.85. The first-order chi connectivity index (χ1) is 9.63. The number of carbonyl (C=O) groups excluding carboxylic acids is 1. The molecule has 0 spiro atoms. The van der Waals surface area contributed by atoms with Crippen LogP contribution in [0.2, 0.25) is 0 Å². The van der Waals surface area contributed by atoms with Crippen molar-refractivity contribution < 1.29 is 4.79 Å². The first kappa shape index (κ1) is 13.7. The molecule has 2 heterocycles. The number of hydrogen-bond acceptors (Lipinski definition) is 5. The highest BCUT2D eigenvalue weighted by molar-refractivity contribution is 7.13. The van der Waals surface area contributed by atoms with Crippen LogP contribution < -0.4 is 5.32 Å². The maximum Gasteiger partial charge on any atom is 0.280 e. The van der Waals surface area contributed by atoms with Crippen LogP contribution in [0.5, 0.6) is 0 Å². The van der Waals surface area contributed by atoms with Crippen molar-refractivity contribution in [2.75, 3.05) is 6.54 Å². The van der Waals surface area contributed by atoms with E-state index in [-0.39, 0.29) is 11.8 Å². The van der Waals surface area contributed by atoms with E-state index >= 15 is 0 Å². The zero-order chi connectivity index (χ0) is 14.1. The third kappa shape index (κ3) is 2.76. The molecule has 0 bridgehead atoms. The molecule has 6 heteroatoms. The minimum absolute atomic E-state index is 0.0514. The normalized spacial score (nSPS) is 15.1. The molecule has 0 saturated heterocycles. The maximum atomic E-state index is 12.1. The molecule has 1 atom stereocenters. The topological polar surface area (TPSA) is 54.9 Å². The lowest BCUT2D eigenvalue weighted by Crippen LogP contribution is -2.27. The number of aryl methyl sites for hydroxylation is 3. The molecule has 1 aliphatic rings. The molecule has 3 rings (SSSR count). The van der Waals surface area contributed by atoms with Crippen LogP contribution in [0.25, 0.3) is 0 Å². The predicted octanol–water partition coefficient (Wildman–Crippen LogP) is 2.93. The Morgan fingerprint density at radius 1 is 1.45 bits per heavy atom. The lowest BCUT2D eigenvalue weighted by atomic mass is 10.2. The number of aromatic nitrogens is 2. The molecule has 0 fully saturated rings. The highest BCUT2D eigenvalue weighted by atomic mass is 32.1. The number of nitrogens with zero attached hydrogens (tertiary/aromatic N) is 2. The van der Waals surface area contributed by atoms with E-state index in [1.165, 1.54) is 16.2 Å². The molecular weight excluding hydrogens is 290 g/mol. The van der Waals surface area contributed by atoms with E-state index in [1.807, 2.05) is 13.1 Å². The molecule has 2 aromatic rings.